The van der Waals surface area contributed by atoms with Crippen molar-refractivity contribution in [2.45, 2.75) is 19.4 Å². The fraction of sp³-hybridized carbons (Fsp3) is 0.250. The largest absolute Gasteiger partial charge is 0.385 e. The number of aromatic nitrogens is 1. The van der Waals surface area contributed by atoms with Crippen LogP contribution in [0.25, 0.3) is 17.0 Å². The molecule has 6 nitrogen and oxygen atoms in total. The summed E-state index contributed by atoms with van der Waals surface area (Å²) in [6.07, 6.45) is 6.55. The van der Waals surface area contributed by atoms with Crippen LogP contribution in [-0.4, -0.2) is 59.9 Å². The topological polar surface area (TPSA) is 65.6 Å². The van der Waals surface area contributed by atoms with E-state index >= 15 is 0 Å². The highest BCUT2D eigenvalue weighted by molar-refractivity contribution is 6.42. The van der Waals surface area contributed by atoms with Crippen LogP contribution >= 0.6 is 23.2 Å². The predicted molar refractivity (Wildman–Crippen MR) is 162 cm³/mol. The zero-order valence-corrected chi connectivity index (χ0v) is 24.0. The van der Waals surface area contributed by atoms with E-state index in [4.69, 9.17) is 27.9 Å². The van der Waals surface area contributed by atoms with Crippen molar-refractivity contribution < 1.29 is 14.3 Å². The molecule has 0 spiro atoms. The highest BCUT2D eigenvalue weighted by atomic mass is 35.5. The second-order valence-corrected chi connectivity index (χ2v) is 10.3. The normalized spacial score (nSPS) is 11.3. The number of ether oxygens (including phenoxy) is 1. The number of nitrogens with zero attached hydrogens (tertiary/aromatic N) is 2. The Hall–Kier alpha value is -3.58. The summed E-state index contributed by atoms with van der Waals surface area (Å²) >= 11 is 12.4. The standard InChI is InChI=1S/C32H33Cl2N3O3/c1-40-19-7-17-36(31(38)15-13-24-8-3-2-4-9-24)23-32(39)37(22-25-12-14-28(33)29(34)20-25)18-16-26-21-35-30-11-6-5-10-27(26)30/h2-6,8-15,20-21,35H,7,16-19,22-23H2,1H3/b15-13+. The van der Waals surface area contributed by atoms with Crippen molar-refractivity contribution in [1.29, 1.82) is 0 Å². The Balaban J connectivity index is 1.52. The van der Waals surface area contributed by atoms with Crippen molar-refractivity contribution in [2.24, 2.45) is 0 Å². The van der Waals surface area contributed by atoms with E-state index in [1.807, 2.05) is 60.8 Å². The Kier molecular flexibility index (Phi) is 10.8. The van der Waals surface area contributed by atoms with E-state index in [1.165, 1.54) is 6.08 Å². The minimum Gasteiger partial charge on any atom is -0.385 e. The van der Waals surface area contributed by atoms with Gasteiger partial charge in [-0.25, -0.2) is 0 Å². The maximum atomic E-state index is 13.8. The Labute approximate surface area is 245 Å². The molecule has 0 bridgehead atoms. The molecule has 1 aromatic heterocycles. The van der Waals surface area contributed by atoms with Crippen LogP contribution in [0.3, 0.4) is 0 Å². The number of H-pyrrole nitrogens is 1. The van der Waals surface area contributed by atoms with E-state index in [9.17, 15) is 9.59 Å². The molecule has 8 heteroatoms. The first-order valence-electron chi connectivity index (χ1n) is 13.2. The van der Waals surface area contributed by atoms with E-state index in [1.54, 1.807) is 35.1 Å². The summed E-state index contributed by atoms with van der Waals surface area (Å²) < 4.78 is 5.19. The summed E-state index contributed by atoms with van der Waals surface area (Å²) in [5, 5.41) is 2.03. The first-order valence-corrected chi connectivity index (χ1v) is 14.0. The number of aromatic amines is 1. The number of benzene rings is 3. The third-order valence-corrected chi connectivity index (χ3v) is 7.41. The first-order chi connectivity index (χ1) is 19.4. The molecule has 208 valence electrons. The van der Waals surface area contributed by atoms with Crippen LogP contribution in [0.5, 0.6) is 0 Å². The van der Waals surface area contributed by atoms with Crippen LogP contribution in [0.4, 0.5) is 0 Å². The molecule has 1 N–H and O–H groups in total. The van der Waals surface area contributed by atoms with Crippen molar-refractivity contribution in [3.05, 3.63) is 112 Å². The number of hydrogen-bond acceptors (Lipinski definition) is 3. The quantitative estimate of drug-likeness (QED) is 0.143. The molecule has 3 aromatic carbocycles. The molecule has 0 fully saturated rings. The molecule has 0 radical (unpaired) electrons. The lowest BCUT2D eigenvalue weighted by molar-refractivity contribution is -0.138. The number of hydrogen-bond donors (Lipinski definition) is 1. The van der Waals surface area contributed by atoms with Crippen molar-refractivity contribution in [3.8, 4) is 0 Å². The molecule has 0 aliphatic heterocycles. The van der Waals surface area contributed by atoms with E-state index < -0.39 is 0 Å². The number of carbonyl (C=O) groups is 2. The molecular formula is C32H33Cl2N3O3. The molecular weight excluding hydrogens is 545 g/mol. The van der Waals surface area contributed by atoms with Crippen molar-refractivity contribution in [3.63, 3.8) is 0 Å². The second-order valence-electron chi connectivity index (χ2n) is 9.52. The predicted octanol–water partition coefficient (Wildman–Crippen LogP) is 6.62. The summed E-state index contributed by atoms with van der Waals surface area (Å²) in [6, 6.07) is 23.1. The Morgan fingerprint density at radius 2 is 1.70 bits per heavy atom. The fourth-order valence-electron chi connectivity index (χ4n) is 4.51. The Morgan fingerprint density at radius 3 is 2.48 bits per heavy atom. The second kappa shape index (κ2) is 14.7. The van der Waals surface area contributed by atoms with Gasteiger partial charge in [0.25, 0.3) is 0 Å². The van der Waals surface area contributed by atoms with Gasteiger partial charge in [-0.2, -0.15) is 0 Å². The average molecular weight is 579 g/mol. The van der Waals surface area contributed by atoms with Crippen LogP contribution < -0.4 is 0 Å². The zero-order chi connectivity index (χ0) is 28.3. The Bertz CT molecular complexity index is 1450. The van der Waals surface area contributed by atoms with E-state index in [2.05, 4.69) is 11.1 Å². The lowest BCUT2D eigenvalue weighted by atomic mass is 10.1. The van der Waals surface area contributed by atoms with Gasteiger partial charge in [0.15, 0.2) is 0 Å². The molecule has 0 atom stereocenters. The van der Waals surface area contributed by atoms with Gasteiger partial charge in [0.2, 0.25) is 11.8 Å². The van der Waals surface area contributed by atoms with Gasteiger partial charge in [-0.05, 0) is 53.8 Å². The monoisotopic (exact) mass is 577 g/mol. The maximum absolute atomic E-state index is 13.8. The molecule has 4 aromatic rings. The maximum Gasteiger partial charge on any atom is 0.247 e. The minimum absolute atomic E-state index is 0.0448. The van der Waals surface area contributed by atoms with Gasteiger partial charge in [-0.15, -0.1) is 0 Å². The van der Waals surface area contributed by atoms with E-state index in [0.717, 1.165) is 27.6 Å². The third-order valence-electron chi connectivity index (χ3n) is 6.67. The van der Waals surface area contributed by atoms with Crippen LogP contribution in [-0.2, 0) is 27.3 Å². The Morgan fingerprint density at radius 1 is 0.925 bits per heavy atom. The van der Waals surface area contributed by atoms with Gasteiger partial charge in [0, 0.05) is 56.5 Å². The van der Waals surface area contributed by atoms with Crippen molar-refractivity contribution in [2.75, 3.05) is 33.4 Å². The highest BCUT2D eigenvalue weighted by Crippen LogP contribution is 2.24. The number of carbonyl (C=O) groups excluding carboxylic acids is 2. The van der Waals surface area contributed by atoms with Gasteiger partial charge >= 0.3 is 0 Å². The molecule has 0 aliphatic carbocycles. The molecule has 2 amide bonds. The highest BCUT2D eigenvalue weighted by Gasteiger charge is 2.21. The van der Waals surface area contributed by atoms with Crippen molar-refractivity contribution >= 4 is 52.0 Å². The smallest absolute Gasteiger partial charge is 0.247 e. The van der Waals surface area contributed by atoms with E-state index in [0.29, 0.717) is 49.1 Å². The lowest BCUT2D eigenvalue weighted by Gasteiger charge is -2.27. The molecule has 1 heterocycles. The van der Waals surface area contributed by atoms with Crippen LogP contribution in [0.2, 0.25) is 10.0 Å². The first kappa shape index (κ1) is 29.4. The number of para-hydroxylation sites is 1. The molecule has 0 aliphatic rings. The molecule has 0 unspecified atom stereocenters. The fourth-order valence-corrected chi connectivity index (χ4v) is 4.83. The molecule has 40 heavy (non-hydrogen) atoms. The number of rotatable bonds is 13. The minimum atomic E-state index is -0.223. The lowest BCUT2D eigenvalue weighted by Crippen LogP contribution is -2.43. The number of halogens is 2. The number of nitrogens with one attached hydrogen (secondary N) is 1. The van der Waals surface area contributed by atoms with Gasteiger partial charge < -0.3 is 19.5 Å². The van der Waals surface area contributed by atoms with Gasteiger partial charge in [0.1, 0.15) is 6.54 Å². The van der Waals surface area contributed by atoms with E-state index in [-0.39, 0.29) is 18.4 Å². The SMILES string of the molecule is COCCCN(CC(=O)N(CCc1c[nH]c2ccccc12)Cc1ccc(Cl)c(Cl)c1)C(=O)/C=C/c1ccccc1. The number of methoxy groups -OCH3 is 1. The zero-order valence-electron chi connectivity index (χ0n) is 22.5. The van der Waals surface area contributed by atoms with Crippen molar-refractivity contribution in [1.82, 2.24) is 14.8 Å². The molecule has 0 saturated carbocycles. The van der Waals surface area contributed by atoms with Crippen LogP contribution in [0, 0.1) is 0 Å². The molecule has 0 saturated heterocycles. The summed E-state index contributed by atoms with van der Waals surface area (Å²) in [5.74, 6) is -0.371. The number of fused-ring (bicyclic) bond motifs is 1. The average Bonchev–Trinajstić information content (AvgIpc) is 3.39. The van der Waals surface area contributed by atoms with Gasteiger partial charge in [-0.3, -0.25) is 9.59 Å². The van der Waals surface area contributed by atoms with Crippen LogP contribution in [0.15, 0.2) is 85.1 Å². The third kappa shape index (κ3) is 8.21. The van der Waals surface area contributed by atoms with Crippen LogP contribution in [0.1, 0.15) is 23.1 Å². The number of amides is 2. The van der Waals surface area contributed by atoms with Gasteiger partial charge in [0.05, 0.1) is 10.0 Å². The summed E-state index contributed by atoms with van der Waals surface area (Å²) in [5.41, 5.74) is 3.96. The van der Waals surface area contributed by atoms with Gasteiger partial charge in [-0.1, -0.05) is 77.8 Å². The summed E-state index contributed by atoms with van der Waals surface area (Å²) in [4.78, 5) is 33.6. The summed E-state index contributed by atoms with van der Waals surface area (Å²) in [7, 11) is 1.62. The molecule has 4 rings (SSSR count). The summed E-state index contributed by atoms with van der Waals surface area (Å²) in [6.45, 7) is 1.67.